The lowest BCUT2D eigenvalue weighted by atomic mass is 10.0. The molecule has 0 radical (unpaired) electrons. The predicted octanol–water partition coefficient (Wildman–Crippen LogP) is 4.98. The number of non-ortho nitro benzene ring substituents is 1. The highest BCUT2D eigenvalue weighted by Crippen LogP contribution is 2.20. The lowest BCUT2D eigenvalue weighted by Crippen LogP contribution is -2.50. The molecule has 0 heterocycles. The zero-order valence-corrected chi connectivity index (χ0v) is 21.6. The fraction of sp³-hybridized carbons (Fsp3) is 0.231. The first-order chi connectivity index (χ1) is 16.9. The fourth-order valence-corrected chi connectivity index (χ4v) is 4.70. The molecule has 1 N–H and O–H groups in total. The van der Waals surface area contributed by atoms with Crippen LogP contribution in [0.15, 0.2) is 83.3 Å². The molecule has 0 saturated heterocycles. The second-order valence-electron chi connectivity index (χ2n) is 7.88. The third kappa shape index (κ3) is 7.93. The monoisotopic (exact) mass is 555 g/mol. The van der Waals surface area contributed by atoms with Crippen LogP contribution in [0.25, 0.3) is 0 Å². The van der Waals surface area contributed by atoms with E-state index >= 15 is 0 Å². The number of thioether (sulfide) groups is 1. The summed E-state index contributed by atoms with van der Waals surface area (Å²) in [5, 5.41) is 13.6. The minimum Gasteiger partial charge on any atom is -0.357 e. The highest BCUT2D eigenvalue weighted by molar-refractivity contribution is 9.10. The summed E-state index contributed by atoms with van der Waals surface area (Å²) in [4.78, 5) is 38.4. The molecule has 1 atom stereocenters. The van der Waals surface area contributed by atoms with Crippen molar-refractivity contribution in [3.63, 3.8) is 0 Å². The maximum atomic E-state index is 13.4. The van der Waals surface area contributed by atoms with Gasteiger partial charge in [-0.1, -0.05) is 70.5 Å². The van der Waals surface area contributed by atoms with Crippen LogP contribution in [0.2, 0.25) is 0 Å². The summed E-state index contributed by atoms with van der Waals surface area (Å²) in [5.74, 6) is 0.332. The fourth-order valence-electron chi connectivity index (χ4n) is 3.56. The van der Waals surface area contributed by atoms with E-state index in [0.29, 0.717) is 18.7 Å². The van der Waals surface area contributed by atoms with Crippen molar-refractivity contribution in [1.82, 2.24) is 10.2 Å². The Morgan fingerprint density at radius 1 is 0.971 bits per heavy atom. The molecule has 0 aliphatic carbocycles. The molecule has 182 valence electrons. The number of nitrogens with one attached hydrogen (secondary N) is 1. The Morgan fingerprint density at radius 2 is 1.60 bits per heavy atom. The van der Waals surface area contributed by atoms with Gasteiger partial charge in [0.2, 0.25) is 11.8 Å². The number of amides is 2. The van der Waals surface area contributed by atoms with Crippen molar-refractivity contribution < 1.29 is 14.5 Å². The Kier molecular flexibility index (Phi) is 9.86. The van der Waals surface area contributed by atoms with Crippen molar-refractivity contribution in [3.05, 3.63) is 110 Å². The van der Waals surface area contributed by atoms with Gasteiger partial charge in [-0.05, 0) is 28.8 Å². The minimum atomic E-state index is -0.668. The molecule has 0 aliphatic rings. The highest BCUT2D eigenvalue weighted by Gasteiger charge is 2.29. The number of halogens is 1. The second kappa shape index (κ2) is 13.1. The molecule has 0 aromatic heterocycles. The van der Waals surface area contributed by atoms with Gasteiger partial charge in [0.05, 0.1) is 10.7 Å². The maximum absolute atomic E-state index is 13.4. The Hall–Kier alpha value is -3.17. The van der Waals surface area contributed by atoms with E-state index in [1.807, 2.05) is 54.6 Å². The van der Waals surface area contributed by atoms with Crippen molar-refractivity contribution in [3.8, 4) is 0 Å². The van der Waals surface area contributed by atoms with Gasteiger partial charge in [0, 0.05) is 42.4 Å². The van der Waals surface area contributed by atoms with E-state index < -0.39 is 11.0 Å². The number of benzene rings is 3. The number of carbonyl (C=O) groups is 2. The average molecular weight is 556 g/mol. The number of rotatable bonds is 11. The summed E-state index contributed by atoms with van der Waals surface area (Å²) in [5.41, 5.74) is 2.81. The van der Waals surface area contributed by atoms with Crippen LogP contribution in [0, 0.1) is 10.1 Å². The lowest BCUT2D eigenvalue weighted by Gasteiger charge is -2.31. The van der Waals surface area contributed by atoms with Crippen LogP contribution in [-0.2, 0) is 28.3 Å². The van der Waals surface area contributed by atoms with E-state index in [1.54, 1.807) is 24.1 Å². The zero-order valence-electron chi connectivity index (χ0n) is 19.2. The van der Waals surface area contributed by atoms with Crippen LogP contribution < -0.4 is 5.32 Å². The second-order valence-corrected chi connectivity index (χ2v) is 9.79. The van der Waals surface area contributed by atoms with E-state index in [4.69, 9.17) is 0 Å². The number of hydrogen-bond acceptors (Lipinski definition) is 5. The van der Waals surface area contributed by atoms with Gasteiger partial charge in [0.1, 0.15) is 6.04 Å². The summed E-state index contributed by atoms with van der Waals surface area (Å²) in [6.45, 7) is 0.301. The van der Waals surface area contributed by atoms with E-state index in [-0.39, 0.29) is 23.3 Å². The van der Waals surface area contributed by atoms with Gasteiger partial charge in [0.25, 0.3) is 5.69 Å². The minimum absolute atomic E-state index is 0.0323. The Morgan fingerprint density at radius 3 is 2.20 bits per heavy atom. The molecular formula is C26H26BrN3O4S. The quantitative estimate of drug-likeness (QED) is 0.266. The molecular weight excluding hydrogens is 530 g/mol. The van der Waals surface area contributed by atoms with Crippen LogP contribution >= 0.6 is 27.7 Å². The lowest BCUT2D eigenvalue weighted by molar-refractivity contribution is -0.384. The standard InChI is InChI=1S/C26H26BrN3O4S/c1-28-26(32)24(15-19-5-3-2-4-6-19)29(16-20-7-11-22(27)12-8-20)25(31)18-35-17-21-9-13-23(14-10-21)30(33)34/h2-14,24H,15-18H2,1H3,(H,28,32)/t24-/m1/s1. The molecule has 0 aliphatic heterocycles. The third-order valence-corrected chi connectivity index (χ3v) is 6.94. The van der Waals surface area contributed by atoms with Crippen molar-refractivity contribution in [2.75, 3.05) is 12.8 Å². The number of likely N-dealkylation sites (N-methyl/N-ethyl adjacent to an activating group) is 1. The summed E-state index contributed by atoms with van der Waals surface area (Å²) >= 11 is 4.84. The van der Waals surface area contributed by atoms with Crippen LogP contribution in [-0.4, -0.2) is 40.5 Å². The SMILES string of the molecule is CNC(=O)[C@@H](Cc1ccccc1)N(Cc1ccc(Br)cc1)C(=O)CSCc1ccc([N+](=O)[O-])cc1. The molecule has 7 nitrogen and oxygen atoms in total. The molecule has 3 aromatic rings. The molecule has 3 rings (SSSR count). The van der Waals surface area contributed by atoms with Crippen molar-refractivity contribution in [1.29, 1.82) is 0 Å². The van der Waals surface area contributed by atoms with E-state index in [2.05, 4.69) is 21.2 Å². The Labute approximate surface area is 217 Å². The topological polar surface area (TPSA) is 92.6 Å². The first kappa shape index (κ1) is 26.4. The largest absolute Gasteiger partial charge is 0.357 e. The Bertz CT molecular complexity index is 1140. The molecule has 0 saturated carbocycles. The molecule has 9 heteroatoms. The number of hydrogen-bond donors (Lipinski definition) is 1. The van der Waals surface area contributed by atoms with Crippen LogP contribution in [0.4, 0.5) is 5.69 Å². The van der Waals surface area contributed by atoms with Gasteiger partial charge in [-0.15, -0.1) is 11.8 Å². The van der Waals surface area contributed by atoms with Gasteiger partial charge < -0.3 is 10.2 Å². The summed E-state index contributed by atoms with van der Waals surface area (Å²) in [7, 11) is 1.58. The van der Waals surface area contributed by atoms with Gasteiger partial charge in [-0.25, -0.2) is 0 Å². The van der Waals surface area contributed by atoms with Crippen LogP contribution in [0.5, 0.6) is 0 Å². The first-order valence-electron chi connectivity index (χ1n) is 11.0. The van der Waals surface area contributed by atoms with Crippen molar-refractivity contribution in [2.45, 2.75) is 24.8 Å². The molecule has 0 spiro atoms. The van der Waals surface area contributed by atoms with Gasteiger partial charge in [-0.2, -0.15) is 0 Å². The molecule has 2 amide bonds. The average Bonchev–Trinajstić information content (AvgIpc) is 2.87. The highest BCUT2D eigenvalue weighted by atomic mass is 79.9. The number of nitro benzene ring substituents is 1. The van der Waals surface area contributed by atoms with Crippen LogP contribution in [0.1, 0.15) is 16.7 Å². The predicted molar refractivity (Wildman–Crippen MR) is 142 cm³/mol. The molecule has 35 heavy (non-hydrogen) atoms. The first-order valence-corrected chi connectivity index (χ1v) is 12.9. The molecule has 3 aromatic carbocycles. The summed E-state index contributed by atoms with van der Waals surface area (Å²) < 4.78 is 0.935. The smallest absolute Gasteiger partial charge is 0.269 e. The van der Waals surface area contributed by atoms with Gasteiger partial charge in [-0.3, -0.25) is 19.7 Å². The van der Waals surface area contributed by atoms with E-state index in [0.717, 1.165) is 21.2 Å². The normalized spacial score (nSPS) is 11.5. The number of carbonyl (C=O) groups excluding carboxylic acids is 2. The van der Waals surface area contributed by atoms with E-state index in [9.17, 15) is 19.7 Å². The number of nitrogens with zero attached hydrogens (tertiary/aromatic N) is 2. The van der Waals surface area contributed by atoms with Gasteiger partial charge in [0.15, 0.2) is 0 Å². The van der Waals surface area contributed by atoms with Crippen LogP contribution in [0.3, 0.4) is 0 Å². The Balaban J connectivity index is 1.77. The molecule has 0 bridgehead atoms. The molecule has 0 fully saturated rings. The van der Waals surface area contributed by atoms with E-state index in [1.165, 1.54) is 23.9 Å². The summed E-state index contributed by atoms with van der Waals surface area (Å²) in [6, 6.07) is 22.9. The molecule has 0 unspecified atom stereocenters. The maximum Gasteiger partial charge on any atom is 0.269 e. The third-order valence-electron chi connectivity index (χ3n) is 5.43. The van der Waals surface area contributed by atoms with Gasteiger partial charge >= 0.3 is 0 Å². The zero-order chi connectivity index (χ0) is 25.2. The van der Waals surface area contributed by atoms with Crippen molar-refractivity contribution in [2.24, 2.45) is 0 Å². The van der Waals surface area contributed by atoms with Crippen molar-refractivity contribution >= 4 is 45.2 Å². The number of nitro groups is 1. The summed E-state index contributed by atoms with van der Waals surface area (Å²) in [6.07, 6.45) is 0.399.